The quantitative estimate of drug-likeness (QED) is 0.825. The van der Waals surface area contributed by atoms with Crippen molar-refractivity contribution >= 4 is 11.9 Å². The van der Waals surface area contributed by atoms with E-state index in [1.807, 2.05) is 18.1 Å². The molecule has 2 heterocycles. The molecule has 0 aliphatic carbocycles. The van der Waals surface area contributed by atoms with Crippen LogP contribution in [0, 0.1) is 5.82 Å². The molecule has 0 unspecified atom stereocenters. The highest BCUT2D eigenvalue weighted by Crippen LogP contribution is 2.14. The summed E-state index contributed by atoms with van der Waals surface area (Å²) in [5.74, 6) is -0.385. The molecule has 0 radical (unpaired) electrons. The molecule has 2 aliphatic heterocycles. The number of hydrogen-bond acceptors (Lipinski definition) is 3. The van der Waals surface area contributed by atoms with Crippen molar-refractivity contribution in [3.05, 3.63) is 48.0 Å². The molecule has 3 rings (SSSR count). The molecule has 3 amide bonds. The zero-order valence-electron chi connectivity index (χ0n) is 13.0. The molecule has 1 fully saturated rings. The van der Waals surface area contributed by atoms with Crippen molar-refractivity contribution in [1.29, 1.82) is 0 Å². The van der Waals surface area contributed by atoms with Crippen molar-refractivity contribution in [2.75, 3.05) is 33.4 Å². The average Bonchev–Trinajstić information content (AvgIpc) is 2.97. The van der Waals surface area contributed by atoms with Crippen LogP contribution in [0.15, 0.2) is 36.7 Å². The van der Waals surface area contributed by atoms with E-state index in [0.717, 1.165) is 5.56 Å². The van der Waals surface area contributed by atoms with Crippen molar-refractivity contribution in [3.63, 3.8) is 0 Å². The molecule has 1 aromatic carbocycles. The predicted octanol–water partition coefficient (Wildman–Crippen LogP) is 1.27. The maximum absolute atomic E-state index is 12.9. The van der Waals surface area contributed by atoms with Crippen LogP contribution in [0.3, 0.4) is 0 Å². The number of piperazine rings is 1. The summed E-state index contributed by atoms with van der Waals surface area (Å²) in [7, 11) is 1.88. The molecule has 0 N–H and O–H groups in total. The topological polar surface area (TPSA) is 47.1 Å². The molecule has 2 aliphatic rings. The number of carbonyl (C=O) groups excluding carboxylic acids is 2. The number of rotatable bonds is 2. The van der Waals surface area contributed by atoms with Gasteiger partial charge in [0.2, 0.25) is 5.91 Å². The lowest BCUT2D eigenvalue weighted by Crippen LogP contribution is -2.54. The van der Waals surface area contributed by atoms with Crippen LogP contribution in [0.5, 0.6) is 0 Å². The smallest absolute Gasteiger partial charge is 0.326 e. The van der Waals surface area contributed by atoms with E-state index in [9.17, 15) is 14.0 Å². The molecular weight excluding hydrogens is 299 g/mol. The van der Waals surface area contributed by atoms with Gasteiger partial charge in [-0.1, -0.05) is 12.1 Å². The second-order valence-corrected chi connectivity index (χ2v) is 5.81. The Balaban J connectivity index is 1.57. The number of halogens is 1. The van der Waals surface area contributed by atoms with Crippen molar-refractivity contribution < 1.29 is 14.0 Å². The minimum Gasteiger partial charge on any atom is -0.361 e. The van der Waals surface area contributed by atoms with Gasteiger partial charge in [-0.3, -0.25) is 9.69 Å². The van der Waals surface area contributed by atoms with Gasteiger partial charge in [-0.25, -0.2) is 9.18 Å². The zero-order chi connectivity index (χ0) is 16.4. The average molecular weight is 318 g/mol. The summed E-state index contributed by atoms with van der Waals surface area (Å²) in [4.78, 5) is 31.4. The minimum atomic E-state index is -0.292. The van der Waals surface area contributed by atoms with E-state index in [4.69, 9.17) is 0 Å². The SMILES string of the molecule is CN1C=CN(C(=O)N2CCN(Cc3ccc(F)cc3)C(=O)C2)C1. The van der Waals surface area contributed by atoms with Gasteiger partial charge in [-0.05, 0) is 17.7 Å². The second kappa shape index (κ2) is 6.28. The molecule has 1 aromatic rings. The molecule has 0 bridgehead atoms. The van der Waals surface area contributed by atoms with E-state index in [-0.39, 0.29) is 24.3 Å². The number of carbonyl (C=O) groups is 2. The molecule has 0 atom stereocenters. The van der Waals surface area contributed by atoms with Gasteiger partial charge >= 0.3 is 6.03 Å². The summed E-state index contributed by atoms with van der Waals surface area (Å²) in [6.07, 6.45) is 3.54. The monoisotopic (exact) mass is 318 g/mol. The fourth-order valence-corrected chi connectivity index (χ4v) is 2.68. The van der Waals surface area contributed by atoms with Gasteiger partial charge < -0.3 is 14.7 Å². The Morgan fingerprint density at radius 2 is 1.91 bits per heavy atom. The van der Waals surface area contributed by atoms with Crippen LogP contribution >= 0.6 is 0 Å². The molecular formula is C16H19FN4O2. The Bertz CT molecular complexity index is 631. The van der Waals surface area contributed by atoms with Gasteiger partial charge in [0.1, 0.15) is 12.4 Å². The molecule has 1 saturated heterocycles. The largest absolute Gasteiger partial charge is 0.361 e. The summed E-state index contributed by atoms with van der Waals surface area (Å²) in [5.41, 5.74) is 0.878. The highest BCUT2D eigenvalue weighted by atomic mass is 19.1. The van der Waals surface area contributed by atoms with Crippen LogP contribution in [-0.4, -0.2) is 64.9 Å². The van der Waals surface area contributed by atoms with Gasteiger partial charge in [0.25, 0.3) is 0 Å². The lowest BCUT2D eigenvalue weighted by atomic mass is 10.2. The standard InChI is InChI=1S/C16H19FN4O2/c1-18-6-7-21(12-18)16(23)20-9-8-19(15(22)11-20)10-13-2-4-14(17)5-3-13/h2-7H,8-12H2,1H3. The molecule has 0 saturated carbocycles. The number of nitrogens with zero attached hydrogens (tertiary/aromatic N) is 4. The first-order valence-corrected chi connectivity index (χ1v) is 7.49. The molecule has 23 heavy (non-hydrogen) atoms. The van der Waals surface area contributed by atoms with Crippen molar-refractivity contribution in [2.45, 2.75) is 6.54 Å². The summed E-state index contributed by atoms with van der Waals surface area (Å²) in [6.45, 7) is 2.00. The molecule has 0 spiro atoms. The Labute approximate surface area is 134 Å². The van der Waals surface area contributed by atoms with Crippen molar-refractivity contribution in [3.8, 4) is 0 Å². The van der Waals surface area contributed by atoms with Crippen LogP contribution in [0.25, 0.3) is 0 Å². The predicted molar refractivity (Wildman–Crippen MR) is 82.4 cm³/mol. The Morgan fingerprint density at radius 3 is 2.52 bits per heavy atom. The number of hydrogen-bond donors (Lipinski definition) is 0. The van der Waals surface area contributed by atoms with Crippen LogP contribution in [0.4, 0.5) is 9.18 Å². The Kier molecular flexibility index (Phi) is 4.18. The van der Waals surface area contributed by atoms with Crippen molar-refractivity contribution in [1.82, 2.24) is 19.6 Å². The third kappa shape index (κ3) is 3.44. The second-order valence-electron chi connectivity index (χ2n) is 5.81. The van der Waals surface area contributed by atoms with E-state index < -0.39 is 0 Å². The first-order valence-electron chi connectivity index (χ1n) is 7.49. The highest BCUT2D eigenvalue weighted by molar-refractivity contribution is 5.85. The van der Waals surface area contributed by atoms with Gasteiger partial charge in [0.15, 0.2) is 0 Å². The van der Waals surface area contributed by atoms with Gasteiger partial charge in [-0.15, -0.1) is 0 Å². The highest BCUT2D eigenvalue weighted by Gasteiger charge is 2.30. The molecule has 7 heteroatoms. The van der Waals surface area contributed by atoms with Crippen LogP contribution in [-0.2, 0) is 11.3 Å². The van der Waals surface area contributed by atoms with E-state index in [0.29, 0.717) is 26.3 Å². The fourth-order valence-electron chi connectivity index (χ4n) is 2.68. The summed E-state index contributed by atoms with van der Waals surface area (Å²) in [5, 5.41) is 0. The summed E-state index contributed by atoms with van der Waals surface area (Å²) in [6, 6.07) is 5.96. The van der Waals surface area contributed by atoms with Crippen molar-refractivity contribution in [2.24, 2.45) is 0 Å². The lowest BCUT2D eigenvalue weighted by Gasteiger charge is -2.36. The third-order valence-electron chi connectivity index (χ3n) is 4.00. The number of urea groups is 1. The molecule has 0 aromatic heterocycles. The lowest BCUT2D eigenvalue weighted by molar-refractivity contribution is -0.135. The summed E-state index contributed by atoms with van der Waals surface area (Å²) >= 11 is 0. The Hall–Kier alpha value is -2.57. The number of amides is 3. The maximum Gasteiger partial charge on any atom is 0.326 e. The number of benzene rings is 1. The molecule has 6 nitrogen and oxygen atoms in total. The van der Waals surface area contributed by atoms with E-state index in [2.05, 4.69) is 0 Å². The van der Waals surface area contributed by atoms with E-state index >= 15 is 0 Å². The summed E-state index contributed by atoms with van der Waals surface area (Å²) < 4.78 is 12.9. The van der Waals surface area contributed by atoms with Gasteiger partial charge in [0, 0.05) is 39.1 Å². The maximum atomic E-state index is 12.9. The third-order valence-corrected chi connectivity index (χ3v) is 4.00. The van der Waals surface area contributed by atoms with Crippen LogP contribution in [0.1, 0.15) is 5.56 Å². The van der Waals surface area contributed by atoms with E-state index in [1.165, 1.54) is 12.1 Å². The fraction of sp³-hybridized carbons (Fsp3) is 0.375. The first kappa shape index (κ1) is 15.3. The van der Waals surface area contributed by atoms with Crippen LogP contribution in [0.2, 0.25) is 0 Å². The van der Waals surface area contributed by atoms with Crippen LogP contribution < -0.4 is 0 Å². The first-order chi connectivity index (χ1) is 11.0. The molecule has 122 valence electrons. The normalized spacial score (nSPS) is 18.1. The van der Waals surface area contributed by atoms with Gasteiger partial charge in [-0.2, -0.15) is 0 Å². The van der Waals surface area contributed by atoms with E-state index in [1.54, 1.807) is 33.0 Å². The Morgan fingerprint density at radius 1 is 1.17 bits per heavy atom. The zero-order valence-corrected chi connectivity index (χ0v) is 13.0. The van der Waals surface area contributed by atoms with Gasteiger partial charge in [0.05, 0.1) is 6.67 Å². The minimum absolute atomic E-state index is 0.0775.